The molecule has 0 aromatic carbocycles. The first-order chi connectivity index (χ1) is 5.52. The molecule has 0 atom stereocenters. The lowest BCUT2D eigenvalue weighted by Crippen LogP contribution is -2.13. The normalized spacial score (nSPS) is 9.92. The molecule has 0 N–H and O–H groups in total. The Morgan fingerprint density at radius 2 is 2.08 bits per heavy atom. The lowest BCUT2D eigenvalue weighted by atomic mass is 10.4. The van der Waals surface area contributed by atoms with Crippen molar-refractivity contribution in [3.63, 3.8) is 0 Å². The number of carbonyl (C=O) groups excluding carboxylic acids is 1. The van der Waals surface area contributed by atoms with Crippen LogP contribution in [0.25, 0.3) is 0 Å². The van der Waals surface area contributed by atoms with Crippen molar-refractivity contribution in [3.05, 3.63) is 21.8 Å². The molecule has 60 valence electrons. The van der Waals surface area contributed by atoms with E-state index in [0.717, 1.165) is 0 Å². The summed E-state index contributed by atoms with van der Waals surface area (Å²) in [7, 11) is 0. The van der Waals surface area contributed by atoms with Gasteiger partial charge in [0.2, 0.25) is 16.3 Å². The second-order valence-corrected chi connectivity index (χ2v) is 3.64. The summed E-state index contributed by atoms with van der Waals surface area (Å²) in [5, 5.41) is -0.0822. The third-order valence-corrected chi connectivity index (χ3v) is 2.73. The Hall–Kier alpha value is 0.222. The number of hydrogen-bond acceptors (Lipinski definition) is 2. The molecule has 1 aromatic rings. The summed E-state index contributed by atoms with van der Waals surface area (Å²) in [6.45, 7) is 0. The van der Waals surface area contributed by atoms with E-state index in [0.29, 0.717) is 9.58 Å². The van der Waals surface area contributed by atoms with Gasteiger partial charge in [-0.2, -0.15) is 0 Å². The van der Waals surface area contributed by atoms with Crippen molar-refractivity contribution in [2.75, 3.05) is 0 Å². The van der Waals surface area contributed by atoms with Crippen molar-refractivity contribution in [1.29, 1.82) is 0 Å². The molecule has 1 aromatic heterocycles. The van der Waals surface area contributed by atoms with Crippen molar-refractivity contribution in [1.82, 2.24) is 4.98 Å². The van der Waals surface area contributed by atoms with Gasteiger partial charge in [-0.1, -0.05) is 23.2 Å². The molecule has 1 rings (SSSR count). The average molecular weight is 236 g/mol. The fourth-order valence-electron chi connectivity index (χ4n) is 0.618. The monoisotopic (exact) mass is 235 g/mol. The number of hydrogen-bond donors (Lipinski definition) is 0. The van der Waals surface area contributed by atoms with Crippen LogP contribution in [0.1, 0.15) is 10.5 Å². The van der Waals surface area contributed by atoms with Crippen LogP contribution in [0.5, 0.6) is 0 Å². The third-order valence-electron chi connectivity index (χ3n) is 1.14. The minimum absolute atomic E-state index is 0.0936. The molecule has 12 heavy (non-hydrogen) atoms. The highest BCUT2D eigenvalue weighted by molar-refractivity contribution is 6.67. The number of halogens is 3. The van der Waals surface area contributed by atoms with Crippen molar-refractivity contribution >= 4 is 60.9 Å². The first-order valence-corrected chi connectivity index (χ1v) is 4.55. The molecule has 0 aliphatic carbocycles. The zero-order valence-corrected chi connectivity index (χ0v) is 9.07. The van der Waals surface area contributed by atoms with Crippen LogP contribution in [0, 0.1) is 0 Å². The number of nitrogens with zero attached hydrogens (tertiary/aromatic N) is 1. The molecule has 0 spiro atoms. The Morgan fingerprint density at radius 1 is 1.50 bits per heavy atom. The molecule has 0 unspecified atom stereocenters. The van der Waals surface area contributed by atoms with Crippen LogP contribution in [0.3, 0.4) is 0 Å². The Morgan fingerprint density at radius 3 is 2.50 bits per heavy atom. The van der Waals surface area contributed by atoms with Crippen molar-refractivity contribution in [2.45, 2.75) is 0 Å². The van der Waals surface area contributed by atoms with E-state index in [-0.39, 0.29) is 10.7 Å². The molecule has 0 amide bonds. The highest BCUT2D eigenvalue weighted by Crippen LogP contribution is 2.19. The topological polar surface area (TPSA) is 30.0 Å². The predicted octanol–water partition coefficient (Wildman–Crippen LogP) is 1.56. The van der Waals surface area contributed by atoms with E-state index in [1.165, 1.54) is 6.07 Å². The largest absolute Gasteiger partial charge is 0.274 e. The van der Waals surface area contributed by atoms with Gasteiger partial charge in [0.05, 0.1) is 10.0 Å². The van der Waals surface area contributed by atoms with E-state index in [4.69, 9.17) is 34.8 Å². The Labute approximate surface area is 92.2 Å². The zero-order chi connectivity index (χ0) is 9.30. The van der Waals surface area contributed by atoms with Crippen LogP contribution in [0.15, 0.2) is 6.07 Å². The Bertz CT molecular complexity index is 319. The number of carbonyl (C=O) groups is 1. The standard InChI is InChI=1S/C6HCl3NO.Al/c7-3-1-5(6(9)11)10-2-4(3)8;/h1H;. The van der Waals surface area contributed by atoms with E-state index in [1.807, 2.05) is 0 Å². The van der Waals surface area contributed by atoms with Gasteiger partial charge in [-0.05, 0) is 22.2 Å². The van der Waals surface area contributed by atoms with Gasteiger partial charge >= 0.3 is 0 Å². The van der Waals surface area contributed by atoms with Gasteiger partial charge in [0.25, 0.3) is 5.24 Å². The Kier molecular flexibility index (Phi) is 3.40. The average Bonchev–Trinajstić information content (AvgIpc) is 1.99. The maximum Gasteiger partial charge on any atom is 0.270 e. The van der Waals surface area contributed by atoms with Gasteiger partial charge in [-0.25, -0.2) is 0 Å². The quantitative estimate of drug-likeness (QED) is 0.547. The first-order valence-electron chi connectivity index (χ1n) is 2.83. The predicted molar refractivity (Wildman–Crippen MR) is 49.8 cm³/mol. The van der Waals surface area contributed by atoms with Crippen molar-refractivity contribution < 1.29 is 4.79 Å². The lowest BCUT2D eigenvalue weighted by Gasteiger charge is -2.02. The molecular weight excluding hydrogens is 235 g/mol. The van der Waals surface area contributed by atoms with Crippen molar-refractivity contribution in [3.8, 4) is 0 Å². The van der Waals surface area contributed by atoms with E-state index >= 15 is 0 Å². The number of pyridine rings is 1. The van der Waals surface area contributed by atoms with Crippen LogP contribution in [0.4, 0.5) is 0 Å². The summed E-state index contributed by atoms with van der Waals surface area (Å²) in [6, 6.07) is 1.33. The SMILES string of the molecule is O=C(Cl)c1cc(Cl)c(Cl)[c]([Al])n1. The molecular formula is C6HAlCl3NO. The van der Waals surface area contributed by atoms with Crippen LogP contribution < -0.4 is 4.56 Å². The maximum absolute atomic E-state index is 10.7. The minimum atomic E-state index is -0.655. The fraction of sp³-hybridized carbons (Fsp3) is 0. The molecule has 2 radical (unpaired) electrons. The molecule has 0 saturated carbocycles. The van der Waals surface area contributed by atoms with Gasteiger partial charge in [0.15, 0.2) is 0 Å². The number of rotatable bonds is 1. The van der Waals surface area contributed by atoms with Crippen LogP contribution in [-0.4, -0.2) is 26.5 Å². The van der Waals surface area contributed by atoms with Crippen LogP contribution in [-0.2, 0) is 0 Å². The summed E-state index contributed by atoms with van der Waals surface area (Å²) in [6.07, 6.45) is 0. The number of aromatic nitrogens is 1. The third kappa shape index (κ3) is 2.13. The van der Waals surface area contributed by atoms with Gasteiger partial charge in [-0.15, -0.1) is 0 Å². The summed E-state index contributed by atoms with van der Waals surface area (Å²) < 4.78 is 0.410. The fourth-order valence-corrected chi connectivity index (χ4v) is 1.40. The summed E-state index contributed by atoms with van der Waals surface area (Å²) in [5.41, 5.74) is 0.0936. The van der Waals surface area contributed by atoms with E-state index < -0.39 is 5.24 Å². The second kappa shape index (κ2) is 3.95. The second-order valence-electron chi connectivity index (χ2n) is 1.96. The molecule has 0 aliphatic heterocycles. The van der Waals surface area contributed by atoms with E-state index in [1.54, 1.807) is 0 Å². The molecule has 0 fully saturated rings. The van der Waals surface area contributed by atoms with Crippen molar-refractivity contribution in [2.24, 2.45) is 0 Å². The smallest absolute Gasteiger partial charge is 0.270 e. The van der Waals surface area contributed by atoms with E-state index in [9.17, 15) is 4.79 Å². The van der Waals surface area contributed by atoms with Crippen LogP contribution in [0.2, 0.25) is 10.0 Å². The maximum atomic E-state index is 10.7. The molecule has 0 saturated heterocycles. The van der Waals surface area contributed by atoms with Crippen LogP contribution >= 0.6 is 34.8 Å². The first kappa shape index (κ1) is 10.3. The molecule has 0 bridgehead atoms. The van der Waals surface area contributed by atoms with E-state index in [2.05, 4.69) is 21.3 Å². The Balaban J connectivity index is 3.31. The molecule has 2 nitrogen and oxygen atoms in total. The molecule has 6 heteroatoms. The summed E-state index contributed by atoms with van der Waals surface area (Å²) in [5.74, 6) is 0. The molecule has 0 aliphatic rings. The highest BCUT2D eigenvalue weighted by atomic mass is 35.5. The lowest BCUT2D eigenvalue weighted by molar-refractivity contribution is 0.107. The zero-order valence-electron chi connectivity index (χ0n) is 5.64. The van der Waals surface area contributed by atoms with Gasteiger partial charge in [0, 0.05) is 0 Å². The van der Waals surface area contributed by atoms with Gasteiger partial charge in [-0.3, -0.25) is 9.78 Å². The highest BCUT2D eigenvalue weighted by Gasteiger charge is 2.08. The summed E-state index contributed by atoms with van der Waals surface area (Å²) >= 11 is 18.8. The van der Waals surface area contributed by atoms with Gasteiger partial charge < -0.3 is 0 Å². The summed E-state index contributed by atoms with van der Waals surface area (Å²) in [4.78, 5) is 14.5. The minimum Gasteiger partial charge on any atom is -0.274 e. The van der Waals surface area contributed by atoms with Gasteiger partial charge in [0.1, 0.15) is 5.69 Å². The molecule has 1 heterocycles.